The molecule has 2 heteroatoms. The van der Waals surface area contributed by atoms with Gasteiger partial charge >= 0.3 is 0 Å². The second-order valence-corrected chi connectivity index (χ2v) is 2.95. The van der Waals surface area contributed by atoms with Crippen molar-refractivity contribution in [2.45, 2.75) is 53.0 Å². The van der Waals surface area contributed by atoms with Gasteiger partial charge in [0.15, 0.2) is 0 Å². The minimum atomic E-state index is 0.342. The van der Waals surface area contributed by atoms with E-state index in [1.165, 1.54) is 0 Å². The smallest absolute Gasteiger partial charge is 0.222 e. The van der Waals surface area contributed by atoms with E-state index in [9.17, 15) is 4.79 Å². The van der Waals surface area contributed by atoms with Gasteiger partial charge in [0, 0.05) is 19.0 Å². The van der Waals surface area contributed by atoms with Gasteiger partial charge < -0.3 is 4.90 Å². The number of nitrogens with zero attached hydrogens (tertiary/aromatic N) is 1. The minimum absolute atomic E-state index is 0.342. The van der Waals surface area contributed by atoms with Gasteiger partial charge in [-0.3, -0.25) is 4.79 Å². The summed E-state index contributed by atoms with van der Waals surface area (Å²) in [6.45, 7) is 9.22. The van der Waals surface area contributed by atoms with Crippen molar-refractivity contribution in [2.24, 2.45) is 0 Å². The first-order valence-electron chi connectivity index (χ1n) is 5.05. The normalized spacial score (nSPS) is 18.7. The van der Waals surface area contributed by atoms with Gasteiger partial charge in [-0.05, 0) is 19.8 Å². The minimum Gasteiger partial charge on any atom is -0.340 e. The molecular formula is C10H21NO. The Hall–Kier alpha value is -0.530. The van der Waals surface area contributed by atoms with Crippen LogP contribution in [0.2, 0.25) is 0 Å². The molecule has 0 N–H and O–H groups in total. The molecule has 1 rings (SSSR count). The fourth-order valence-corrected chi connectivity index (χ4v) is 1.36. The number of carbonyl (C=O) groups is 1. The van der Waals surface area contributed by atoms with E-state index in [1.54, 1.807) is 0 Å². The third-order valence-electron chi connectivity index (χ3n) is 2.23. The molecule has 1 fully saturated rings. The van der Waals surface area contributed by atoms with Crippen LogP contribution in [0.5, 0.6) is 0 Å². The van der Waals surface area contributed by atoms with Crippen LogP contribution < -0.4 is 0 Å². The average molecular weight is 171 g/mol. The van der Waals surface area contributed by atoms with Crippen molar-refractivity contribution in [1.29, 1.82) is 0 Å². The molecule has 2 nitrogen and oxygen atoms in total. The van der Waals surface area contributed by atoms with Crippen molar-refractivity contribution >= 4 is 5.91 Å². The van der Waals surface area contributed by atoms with Crippen LogP contribution in [0.25, 0.3) is 0 Å². The highest BCUT2D eigenvalue weighted by Crippen LogP contribution is 2.14. The third-order valence-corrected chi connectivity index (χ3v) is 2.23. The van der Waals surface area contributed by atoms with Crippen LogP contribution in [0.15, 0.2) is 0 Å². The number of hydrogen-bond acceptors (Lipinski definition) is 1. The molecule has 0 aromatic heterocycles. The quantitative estimate of drug-likeness (QED) is 0.625. The summed E-state index contributed by atoms with van der Waals surface area (Å²) in [5.74, 6) is 0.342. The van der Waals surface area contributed by atoms with E-state index >= 15 is 0 Å². The molecule has 1 atom stereocenters. The first kappa shape index (κ1) is 11.5. The summed E-state index contributed by atoms with van der Waals surface area (Å²) in [7, 11) is 0. The van der Waals surface area contributed by atoms with Gasteiger partial charge in [0.05, 0.1) is 0 Å². The predicted octanol–water partition coefficient (Wildman–Crippen LogP) is 2.43. The molecule has 0 aromatic carbocycles. The predicted molar refractivity (Wildman–Crippen MR) is 52.0 cm³/mol. The summed E-state index contributed by atoms with van der Waals surface area (Å²) in [6.07, 6.45) is 2.90. The second kappa shape index (κ2) is 6.04. The summed E-state index contributed by atoms with van der Waals surface area (Å²) in [6, 6.07) is 0.454. The Morgan fingerprint density at radius 2 is 2.08 bits per heavy atom. The van der Waals surface area contributed by atoms with Crippen molar-refractivity contribution in [1.82, 2.24) is 4.90 Å². The maximum Gasteiger partial charge on any atom is 0.222 e. The van der Waals surface area contributed by atoms with E-state index in [1.807, 2.05) is 18.7 Å². The molecule has 0 spiro atoms. The lowest BCUT2D eigenvalue weighted by Gasteiger charge is -2.22. The number of hydrogen-bond donors (Lipinski definition) is 0. The van der Waals surface area contributed by atoms with E-state index in [0.717, 1.165) is 25.8 Å². The Kier molecular flexibility index (Phi) is 5.77. The largest absolute Gasteiger partial charge is 0.340 e. The fraction of sp³-hybridized carbons (Fsp3) is 0.900. The van der Waals surface area contributed by atoms with E-state index in [-0.39, 0.29) is 0 Å². The van der Waals surface area contributed by atoms with Gasteiger partial charge in [-0.2, -0.15) is 0 Å². The van der Waals surface area contributed by atoms with Crippen LogP contribution in [-0.4, -0.2) is 23.4 Å². The van der Waals surface area contributed by atoms with Gasteiger partial charge in [0.2, 0.25) is 5.91 Å². The van der Waals surface area contributed by atoms with E-state index in [2.05, 4.69) is 13.8 Å². The van der Waals surface area contributed by atoms with Crippen LogP contribution in [0, 0.1) is 0 Å². The highest BCUT2D eigenvalue weighted by atomic mass is 16.2. The molecule has 1 unspecified atom stereocenters. The van der Waals surface area contributed by atoms with Crippen LogP contribution in [0.1, 0.15) is 47.0 Å². The molecule has 12 heavy (non-hydrogen) atoms. The Morgan fingerprint density at radius 1 is 1.50 bits per heavy atom. The first-order valence-corrected chi connectivity index (χ1v) is 5.05. The van der Waals surface area contributed by atoms with Gasteiger partial charge in [0.1, 0.15) is 0 Å². The van der Waals surface area contributed by atoms with Crippen molar-refractivity contribution in [3.05, 3.63) is 0 Å². The standard InChI is InChI=1S/C8H15NO.C2H6/c1-3-7(2)9-6-4-5-8(9)10;1-2/h7H,3-6H2,1-2H3;1-2H3. The molecular weight excluding hydrogens is 150 g/mol. The van der Waals surface area contributed by atoms with Gasteiger partial charge in [-0.1, -0.05) is 20.8 Å². The second-order valence-electron chi connectivity index (χ2n) is 2.95. The maximum absolute atomic E-state index is 11.1. The number of amides is 1. The highest BCUT2D eigenvalue weighted by Gasteiger charge is 2.23. The molecule has 1 amide bonds. The summed E-state index contributed by atoms with van der Waals surface area (Å²) in [5.41, 5.74) is 0. The molecule has 1 aliphatic rings. The molecule has 0 aliphatic carbocycles. The lowest BCUT2D eigenvalue weighted by molar-refractivity contribution is -0.129. The number of carbonyl (C=O) groups excluding carboxylic acids is 1. The Bertz CT molecular complexity index is 134. The molecule has 0 saturated carbocycles. The molecule has 1 aliphatic heterocycles. The van der Waals surface area contributed by atoms with Crippen LogP contribution >= 0.6 is 0 Å². The summed E-state index contributed by atoms with van der Waals surface area (Å²) in [4.78, 5) is 13.1. The third kappa shape index (κ3) is 2.84. The lowest BCUT2D eigenvalue weighted by atomic mass is 10.2. The first-order chi connectivity index (χ1) is 5.75. The van der Waals surface area contributed by atoms with Gasteiger partial charge in [-0.25, -0.2) is 0 Å². The zero-order valence-corrected chi connectivity index (χ0v) is 8.76. The topological polar surface area (TPSA) is 20.3 Å². The van der Waals surface area contributed by atoms with E-state index in [4.69, 9.17) is 0 Å². The molecule has 0 bridgehead atoms. The summed E-state index contributed by atoms with van der Waals surface area (Å²) >= 11 is 0. The van der Waals surface area contributed by atoms with Crippen molar-refractivity contribution in [2.75, 3.05) is 6.54 Å². The highest BCUT2D eigenvalue weighted by molar-refractivity contribution is 5.78. The SMILES string of the molecule is CC.CCC(C)N1CCCC1=O. The van der Waals surface area contributed by atoms with Crippen LogP contribution in [0.4, 0.5) is 0 Å². The van der Waals surface area contributed by atoms with Crippen LogP contribution in [0.3, 0.4) is 0 Å². The van der Waals surface area contributed by atoms with Crippen LogP contribution in [-0.2, 0) is 4.79 Å². The van der Waals surface area contributed by atoms with Crippen molar-refractivity contribution in [3.63, 3.8) is 0 Å². The van der Waals surface area contributed by atoms with E-state index in [0.29, 0.717) is 11.9 Å². The maximum atomic E-state index is 11.1. The average Bonchev–Trinajstić information content (AvgIpc) is 2.54. The zero-order valence-electron chi connectivity index (χ0n) is 8.76. The van der Waals surface area contributed by atoms with Crippen molar-refractivity contribution < 1.29 is 4.79 Å². The Balaban J connectivity index is 0.000000561. The Labute approximate surface area is 75.9 Å². The summed E-state index contributed by atoms with van der Waals surface area (Å²) < 4.78 is 0. The summed E-state index contributed by atoms with van der Waals surface area (Å²) in [5, 5.41) is 0. The molecule has 1 saturated heterocycles. The van der Waals surface area contributed by atoms with E-state index < -0.39 is 0 Å². The lowest BCUT2D eigenvalue weighted by Crippen LogP contribution is -2.33. The molecule has 1 heterocycles. The van der Waals surface area contributed by atoms with Gasteiger partial charge in [0.25, 0.3) is 0 Å². The zero-order chi connectivity index (χ0) is 9.56. The number of rotatable bonds is 2. The fourth-order valence-electron chi connectivity index (χ4n) is 1.36. The number of likely N-dealkylation sites (tertiary alicyclic amines) is 1. The molecule has 0 aromatic rings. The monoisotopic (exact) mass is 171 g/mol. The molecule has 0 radical (unpaired) electrons. The van der Waals surface area contributed by atoms with Crippen molar-refractivity contribution in [3.8, 4) is 0 Å². The Morgan fingerprint density at radius 3 is 2.42 bits per heavy atom. The van der Waals surface area contributed by atoms with Gasteiger partial charge in [-0.15, -0.1) is 0 Å². The molecule has 72 valence electrons.